The second kappa shape index (κ2) is 5.58. The zero-order chi connectivity index (χ0) is 12.1. The lowest BCUT2D eigenvalue weighted by atomic mass is 9.97. The molecule has 0 saturated heterocycles. The summed E-state index contributed by atoms with van der Waals surface area (Å²) in [5.41, 5.74) is 6.14. The lowest BCUT2D eigenvalue weighted by Gasteiger charge is -2.12. The van der Waals surface area contributed by atoms with Crippen LogP contribution in [0.25, 0.3) is 0 Å². The fourth-order valence-electron chi connectivity index (χ4n) is 1.48. The fourth-order valence-corrected chi connectivity index (χ4v) is 1.48. The van der Waals surface area contributed by atoms with Crippen LogP contribution in [-0.4, -0.2) is 24.7 Å². The Labute approximate surface area is 92.8 Å². The zero-order valence-electron chi connectivity index (χ0n) is 8.94. The molecule has 1 aromatic rings. The molecule has 1 atom stereocenters. The van der Waals surface area contributed by atoms with E-state index in [1.54, 1.807) is 6.07 Å². The Bertz CT molecular complexity index is 381. The second-order valence-electron chi connectivity index (χ2n) is 3.42. The first-order chi connectivity index (χ1) is 7.60. The van der Waals surface area contributed by atoms with Crippen molar-refractivity contribution in [3.8, 4) is 0 Å². The molecule has 16 heavy (non-hydrogen) atoms. The molecule has 5 heteroatoms. The summed E-state index contributed by atoms with van der Waals surface area (Å²) >= 11 is 0. The average molecular weight is 227 g/mol. The van der Waals surface area contributed by atoms with E-state index in [2.05, 4.69) is 0 Å². The third-order valence-corrected chi connectivity index (χ3v) is 2.28. The molecule has 0 aliphatic rings. The van der Waals surface area contributed by atoms with Crippen molar-refractivity contribution in [2.75, 3.05) is 13.7 Å². The molecule has 0 aromatic heterocycles. The average Bonchev–Trinajstić information content (AvgIpc) is 2.23. The van der Waals surface area contributed by atoms with Crippen LogP contribution in [0.1, 0.15) is 17.0 Å². The van der Waals surface area contributed by atoms with Crippen LogP contribution in [0.5, 0.6) is 0 Å². The number of nitrogens with two attached hydrogens (primary N) is 1. The largest absolute Gasteiger partial charge is 0.481 e. The Morgan fingerprint density at radius 3 is 2.81 bits per heavy atom. The standard InChI is InChI=1S/C11H14FNO3/c1-16-6-7-2-3-10(12)8(4-7)9(5-13)11(14)15/h2-4,9H,5-6,13H2,1H3,(H,14,15). The maximum atomic E-state index is 13.4. The van der Waals surface area contributed by atoms with Crippen molar-refractivity contribution >= 4 is 5.97 Å². The maximum absolute atomic E-state index is 13.4. The van der Waals surface area contributed by atoms with Crippen LogP contribution in [0, 0.1) is 5.82 Å². The van der Waals surface area contributed by atoms with Crippen LogP contribution < -0.4 is 5.73 Å². The maximum Gasteiger partial charge on any atom is 0.312 e. The zero-order valence-corrected chi connectivity index (χ0v) is 8.94. The number of hydrogen-bond acceptors (Lipinski definition) is 3. The fraction of sp³-hybridized carbons (Fsp3) is 0.364. The van der Waals surface area contributed by atoms with Crippen LogP contribution in [0.4, 0.5) is 4.39 Å². The number of carbonyl (C=O) groups is 1. The molecule has 0 amide bonds. The molecule has 0 saturated carbocycles. The highest BCUT2D eigenvalue weighted by Gasteiger charge is 2.21. The highest BCUT2D eigenvalue weighted by molar-refractivity contribution is 5.76. The van der Waals surface area contributed by atoms with E-state index in [4.69, 9.17) is 15.6 Å². The molecule has 4 nitrogen and oxygen atoms in total. The smallest absolute Gasteiger partial charge is 0.312 e. The number of methoxy groups -OCH3 is 1. The van der Waals surface area contributed by atoms with E-state index >= 15 is 0 Å². The van der Waals surface area contributed by atoms with Gasteiger partial charge in [-0.2, -0.15) is 0 Å². The summed E-state index contributed by atoms with van der Waals surface area (Å²) < 4.78 is 18.3. The van der Waals surface area contributed by atoms with E-state index in [-0.39, 0.29) is 12.1 Å². The van der Waals surface area contributed by atoms with Crippen molar-refractivity contribution in [2.24, 2.45) is 5.73 Å². The van der Waals surface area contributed by atoms with Crippen LogP contribution in [0.15, 0.2) is 18.2 Å². The molecule has 0 aliphatic carbocycles. The summed E-state index contributed by atoms with van der Waals surface area (Å²) in [4.78, 5) is 10.9. The van der Waals surface area contributed by atoms with Gasteiger partial charge in [0.1, 0.15) is 5.82 Å². The minimum atomic E-state index is -1.13. The SMILES string of the molecule is COCc1ccc(F)c(C(CN)C(=O)O)c1. The van der Waals surface area contributed by atoms with E-state index in [0.717, 1.165) is 5.56 Å². The van der Waals surface area contributed by atoms with E-state index in [1.807, 2.05) is 0 Å². The van der Waals surface area contributed by atoms with Gasteiger partial charge in [-0.25, -0.2) is 4.39 Å². The number of rotatable bonds is 5. The molecule has 1 rings (SSSR count). The van der Waals surface area contributed by atoms with Crippen molar-refractivity contribution in [1.82, 2.24) is 0 Å². The summed E-state index contributed by atoms with van der Waals surface area (Å²) in [6, 6.07) is 4.26. The first kappa shape index (κ1) is 12.6. The predicted octanol–water partition coefficient (Wildman–Crippen LogP) is 1.10. The summed E-state index contributed by atoms with van der Waals surface area (Å²) in [5, 5.41) is 8.89. The Hall–Kier alpha value is -1.46. The van der Waals surface area contributed by atoms with Gasteiger partial charge in [0.15, 0.2) is 0 Å². The lowest BCUT2D eigenvalue weighted by Crippen LogP contribution is -2.22. The van der Waals surface area contributed by atoms with Gasteiger partial charge < -0.3 is 15.6 Å². The van der Waals surface area contributed by atoms with E-state index in [1.165, 1.54) is 19.2 Å². The molecule has 0 heterocycles. The Morgan fingerprint density at radius 1 is 1.62 bits per heavy atom. The van der Waals surface area contributed by atoms with Gasteiger partial charge in [0.05, 0.1) is 12.5 Å². The molecule has 88 valence electrons. The molecule has 0 spiro atoms. The van der Waals surface area contributed by atoms with Crippen molar-refractivity contribution < 1.29 is 19.0 Å². The van der Waals surface area contributed by atoms with E-state index in [9.17, 15) is 9.18 Å². The third-order valence-electron chi connectivity index (χ3n) is 2.28. The summed E-state index contributed by atoms with van der Waals surface area (Å²) in [7, 11) is 1.51. The topological polar surface area (TPSA) is 72.5 Å². The molecule has 0 radical (unpaired) electrons. The Balaban J connectivity index is 3.09. The van der Waals surface area contributed by atoms with Crippen LogP contribution in [-0.2, 0) is 16.1 Å². The molecule has 0 aliphatic heterocycles. The van der Waals surface area contributed by atoms with Gasteiger partial charge in [0.25, 0.3) is 0 Å². The van der Waals surface area contributed by atoms with Gasteiger partial charge in [-0.1, -0.05) is 6.07 Å². The quantitative estimate of drug-likeness (QED) is 0.790. The summed E-state index contributed by atoms with van der Waals surface area (Å²) in [6.45, 7) is 0.173. The van der Waals surface area contributed by atoms with E-state index < -0.39 is 17.7 Å². The molecule has 1 unspecified atom stereocenters. The van der Waals surface area contributed by atoms with Crippen molar-refractivity contribution in [2.45, 2.75) is 12.5 Å². The van der Waals surface area contributed by atoms with Crippen LogP contribution in [0.3, 0.4) is 0 Å². The second-order valence-corrected chi connectivity index (χ2v) is 3.42. The minimum absolute atomic E-state index is 0.101. The first-order valence-electron chi connectivity index (χ1n) is 4.80. The highest BCUT2D eigenvalue weighted by atomic mass is 19.1. The number of carboxylic acid groups (broad SMARTS) is 1. The number of ether oxygens (including phenoxy) is 1. The molecular weight excluding hydrogens is 213 g/mol. The lowest BCUT2D eigenvalue weighted by molar-refractivity contribution is -0.138. The van der Waals surface area contributed by atoms with Crippen LogP contribution in [0.2, 0.25) is 0 Å². The molecule has 0 bridgehead atoms. The van der Waals surface area contributed by atoms with E-state index in [0.29, 0.717) is 6.61 Å². The molecule has 1 aromatic carbocycles. The highest BCUT2D eigenvalue weighted by Crippen LogP contribution is 2.20. The number of aliphatic carboxylic acids is 1. The minimum Gasteiger partial charge on any atom is -0.481 e. The number of carboxylic acids is 1. The van der Waals surface area contributed by atoms with Crippen molar-refractivity contribution in [3.05, 3.63) is 35.1 Å². The van der Waals surface area contributed by atoms with Crippen molar-refractivity contribution in [3.63, 3.8) is 0 Å². The van der Waals surface area contributed by atoms with Gasteiger partial charge in [-0.3, -0.25) is 4.79 Å². The number of benzene rings is 1. The van der Waals surface area contributed by atoms with Gasteiger partial charge in [0.2, 0.25) is 0 Å². The predicted molar refractivity (Wildman–Crippen MR) is 56.5 cm³/mol. The van der Waals surface area contributed by atoms with Crippen LogP contribution >= 0.6 is 0 Å². The van der Waals surface area contributed by atoms with Gasteiger partial charge in [0, 0.05) is 19.2 Å². The molecule has 3 N–H and O–H groups in total. The summed E-state index contributed by atoms with van der Waals surface area (Å²) in [6.07, 6.45) is 0. The monoisotopic (exact) mass is 227 g/mol. The molecule has 0 fully saturated rings. The molecular formula is C11H14FNO3. The third kappa shape index (κ3) is 2.77. The van der Waals surface area contributed by atoms with Gasteiger partial charge >= 0.3 is 5.97 Å². The van der Waals surface area contributed by atoms with Crippen molar-refractivity contribution in [1.29, 1.82) is 0 Å². The summed E-state index contributed by atoms with van der Waals surface area (Å²) in [5.74, 6) is -2.70. The first-order valence-corrected chi connectivity index (χ1v) is 4.80. The number of halogens is 1. The Kier molecular flexibility index (Phi) is 4.39. The van der Waals surface area contributed by atoms with Gasteiger partial charge in [-0.05, 0) is 17.7 Å². The normalized spacial score (nSPS) is 12.4. The number of hydrogen-bond donors (Lipinski definition) is 2. The van der Waals surface area contributed by atoms with Gasteiger partial charge in [-0.15, -0.1) is 0 Å². The Morgan fingerprint density at radius 2 is 2.31 bits per heavy atom.